The van der Waals surface area contributed by atoms with Gasteiger partial charge in [0.15, 0.2) is 0 Å². The van der Waals surface area contributed by atoms with Crippen LogP contribution in [-0.4, -0.2) is 24.0 Å². The van der Waals surface area contributed by atoms with E-state index in [2.05, 4.69) is 15.0 Å². The molecular formula is C22H18ClFN2O4. The first-order valence-electron chi connectivity index (χ1n) is 8.94. The fourth-order valence-corrected chi connectivity index (χ4v) is 2.90. The smallest absolute Gasteiger partial charge is 0.337 e. The molecule has 3 rings (SSSR count). The summed E-state index contributed by atoms with van der Waals surface area (Å²) >= 11 is 6.05. The molecule has 154 valence electrons. The van der Waals surface area contributed by atoms with Gasteiger partial charge in [0.2, 0.25) is 0 Å². The monoisotopic (exact) mass is 428 g/mol. The third-order valence-electron chi connectivity index (χ3n) is 4.27. The zero-order valence-electron chi connectivity index (χ0n) is 16.2. The largest absolute Gasteiger partial charge is 0.465 e. The normalized spacial score (nSPS) is 11.5. The highest BCUT2D eigenvalue weighted by Gasteiger charge is 2.18. The van der Waals surface area contributed by atoms with Gasteiger partial charge in [-0.15, -0.1) is 0 Å². The number of carbonyl (C=O) groups is 2. The van der Waals surface area contributed by atoms with Crippen molar-refractivity contribution in [2.75, 3.05) is 7.11 Å². The van der Waals surface area contributed by atoms with Gasteiger partial charge in [0, 0.05) is 11.1 Å². The number of nitrogens with one attached hydrogen (secondary N) is 1. The number of halogens is 2. The molecule has 1 N–H and O–H groups in total. The number of methoxy groups -OCH3 is 1. The Bertz CT molecular complexity index is 1070. The molecule has 6 nitrogen and oxygen atoms in total. The topological polar surface area (TPSA) is 77.5 Å². The Hall–Kier alpha value is -3.45. The first-order chi connectivity index (χ1) is 14.4. The second kappa shape index (κ2) is 9.37. The molecule has 0 spiro atoms. The van der Waals surface area contributed by atoms with Gasteiger partial charge < -0.3 is 14.8 Å². The van der Waals surface area contributed by atoms with Crippen molar-refractivity contribution in [3.8, 4) is 11.5 Å². The van der Waals surface area contributed by atoms with Gasteiger partial charge in [-0.1, -0.05) is 23.7 Å². The maximum absolute atomic E-state index is 13.4. The van der Waals surface area contributed by atoms with E-state index in [0.29, 0.717) is 10.6 Å². The minimum atomic E-state index is -0.559. The van der Waals surface area contributed by atoms with E-state index in [4.69, 9.17) is 16.3 Å². The summed E-state index contributed by atoms with van der Waals surface area (Å²) in [5, 5.41) is 3.20. The van der Waals surface area contributed by atoms with Crippen molar-refractivity contribution in [1.29, 1.82) is 0 Å². The Labute approximate surface area is 177 Å². The van der Waals surface area contributed by atoms with Crippen LogP contribution >= 0.6 is 11.6 Å². The predicted molar refractivity (Wildman–Crippen MR) is 109 cm³/mol. The van der Waals surface area contributed by atoms with E-state index < -0.39 is 17.7 Å². The number of hydrogen-bond donors (Lipinski definition) is 1. The van der Waals surface area contributed by atoms with Gasteiger partial charge in [0.1, 0.15) is 17.3 Å². The molecule has 0 aliphatic carbocycles. The van der Waals surface area contributed by atoms with Crippen LogP contribution in [0, 0.1) is 5.82 Å². The van der Waals surface area contributed by atoms with Crippen LogP contribution in [0.5, 0.6) is 11.5 Å². The Morgan fingerprint density at radius 2 is 1.83 bits per heavy atom. The molecular weight excluding hydrogens is 411 g/mol. The number of aromatic nitrogens is 1. The lowest BCUT2D eigenvalue weighted by molar-refractivity contribution is 0.0600. The van der Waals surface area contributed by atoms with Crippen molar-refractivity contribution < 1.29 is 23.5 Å². The Kier molecular flexibility index (Phi) is 6.64. The van der Waals surface area contributed by atoms with Gasteiger partial charge in [-0.3, -0.25) is 9.78 Å². The first-order valence-corrected chi connectivity index (χ1v) is 9.32. The van der Waals surface area contributed by atoms with Crippen molar-refractivity contribution >= 4 is 23.5 Å². The average molecular weight is 429 g/mol. The van der Waals surface area contributed by atoms with Crippen LogP contribution in [0.4, 0.5) is 4.39 Å². The number of nitrogens with zero attached hydrogens (tertiary/aromatic N) is 1. The number of esters is 1. The molecule has 0 bridgehead atoms. The molecule has 1 atom stereocenters. The van der Waals surface area contributed by atoms with Gasteiger partial charge in [-0.25, -0.2) is 9.18 Å². The number of benzene rings is 2. The van der Waals surface area contributed by atoms with Crippen LogP contribution in [0.25, 0.3) is 0 Å². The summed E-state index contributed by atoms with van der Waals surface area (Å²) in [6, 6.07) is 12.0. The quantitative estimate of drug-likeness (QED) is 0.562. The first kappa shape index (κ1) is 21.3. The van der Waals surface area contributed by atoms with E-state index >= 15 is 0 Å². The predicted octanol–water partition coefficient (Wildman–Crippen LogP) is 4.94. The molecule has 0 aliphatic rings. The van der Waals surface area contributed by atoms with Crippen molar-refractivity contribution in [3.05, 3.63) is 88.5 Å². The number of amides is 1. The molecule has 0 unspecified atom stereocenters. The molecule has 1 heterocycles. The number of ether oxygens (including phenoxy) is 2. The second-order valence-electron chi connectivity index (χ2n) is 6.39. The van der Waals surface area contributed by atoms with Gasteiger partial charge in [-0.2, -0.15) is 0 Å². The molecule has 8 heteroatoms. The highest BCUT2D eigenvalue weighted by Crippen LogP contribution is 2.28. The van der Waals surface area contributed by atoms with Crippen molar-refractivity contribution in [2.45, 2.75) is 13.0 Å². The highest BCUT2D eigenvalue weighted by atomic mass is 35.5. The summed E-state index contributed by atoms with van der Waals surface area (Å²) < 4.78 is 23.7. The number of carbonyl (C=O) groups excluding carboxylic acids is 2. The van der Waals surface area contributed by atoms with Gasteiger partial charge in [0.05, 0.1) is 36.7 Å². The zero-order chi connectivity index (χ0) is 21.7. The maximum atomic E-state index is 13.4. The lowest BCUT2D eigenvalue weighted by atomic mass is 10.1. The van der Waals surface area contributed by atoms with E-state index in [1.807, 2.05) is 0 Å². The Morgan fingerprint density at radius 1 is 1.10 bits per heavy atom. The number of rotatable bonds is 6. The van der Waals surface area contributed by atoms with E-state index in [0.717, 1.165) is 17.8 Å². The highest BCUT2D eigenvalue weighted by molar-refractivity contribution is 6.31. The molecule has 3 aromatic rings. The van der Waals surface area contributed by atoms with Crippen molar-refractivity contribution in [1.82, 2.24) is 10.3 Å². The van der Waals surface area contributed by atoms with Crippen LogP contribution in [0.3, 0.4) is 0 Å². The summed E-state index contributed by atoms with van der Waals surface area (Å²) in [5.74, 6) is -1.07. The fraction of sp³-hybridized carbons (Fsp3) is 0.136. The lowest BCUT2D eigenvalue weighted by Crippen LogP contribution is -2.27. The molecule has 2 aromatic carbocycles. The average Bonchev–Trinajstić information content (AvgIpc) is 2.74. The van der Waals surface area contributed by atoms with Crippen molar-refractivity contribution in [2.24, 2.45) is 0 Å². The van der Waals surface area contributed by atoms with Crippen LogP contribution in [0.2, 0.25) is 5.02 Å². The summed E-state index contributed by atoms with van der Waals surface area (Å²) in [6.45, 7) is 1.80. The fourth-order valence-electron chi connectivity index (χ4n) is 2.73. The van der Waals surface area contributed by atoms with Crippen LogP contribution < -0.4 is 10.1 Å². The molecule has 30 heavy (non-hydrogen) atoms. The van der Waals surface area contributed by atoms with E-state index in [1.54, 1.807) is 37.3 Å². The number of pyridine rings is 1. The molecule has 0 saturated heterocycles. The lowest BCUT2D eigenvalue weighted by Gasteiger charge is -2.17. The minimum Gasteiger partial charge on any atom is -0.465 e. The SMILES string of the molecule is COC(=O)c1ccc([C@H](C)NC(=O)c2cc(Cl)ccc2Oc2cncc(F)c2)cc1. The summed E-state index contributed by atoms with van der Waals surface area (Å²) in [7, 11) is 1.31. The summed E-state index contributed by atoms with van der Waals surface area (Å²) in [4.78, 5) is 28.1. The standard InChI is InChI=1S/C22H18ClFN2O4/c1-13(14-3-5-15(6-4-14)22(28)29-2)26-21(27)19-9-16(23)7-8-20(19)30-18-10-17(24)11-25-12-18/h3-13H,1-2H3,(H,26,27)/t13-/m0/s1. The zero-order valence-corrected chi connectivity index (χ0v) is 16.9. The molecule has 0 saturated carbocycles. The number of hydrogen-bond acceptors (Lipinski definition) is 5. The van der Waals surface area contributed by atoms with Gasteiger partial charge in [0.25, 0.3) is 5.91 Å². The molecule has 1 amide bonds. The molecule has 0 aliphatic heterocycles. The van der Waals surface area contributed by atoms with E-state index in [1.165, 1.54) is 25.4 Å². The van der Waals surface area contributed by atoms with Crippen LogP contribution in [-0.2, 0) is 4.74 Å². The Morgan fingerprint density at radius 3 is 2.50 bits per heavy atom. The third-order valence-corrected chi connectivity index (χ3v) is 4.51. The van der Waals surface area contributed by atoms with E-state index in [-0.39, 0.29) is 23.1 Å². The summed E-state index contributed by atoms with van der Waals surface area (Å²) in [5.41, 5.74) is 1.38. The Balaban J connectivity index is 1.79. The van der Waals surface area contributed by atoms with Gasteiger partial charge in [-0.05, 0) is 42.8 Å². The van der Waals surface area contributed by atoms with Gasteiger partial charge >= 0.3 is 5.97 Å². The minimum absolute atomic E-state index is 0.151. The third kappa shape index (κ3) is 5.12. The molecule has 0 radical (unpaired) electrons. The second-order valence-corrected chi connectivity index (χ2v) is 6.83. The van der Waals surface area contributed by atoms with Crippen LogP contribution in [0.15, 0.2) is 60.9 Å². The molecule has 0 fully saturated rings. The van der Waals surface area contributed by atoms with E-state index in [9.17, 15) is 14.0 Å². The molecule has 1 aromatic heterocycles. The summed E-state index contributed by atoms with van der Waals surface area (Å²) in [6.07, 6.45) is 2.39. The van der Waals surface area contributed by atoms with Crippen LogP contribution in [0.1, 0.15) is 39.2 Å². The van der Waals surface area contributed by atoms with Crippen molar-refractivity contribution in [3.63, 3.8) is 0 Å². The maximum Gasteiger partial charge on any atom is 0.337 e.